The highest BCUT2D eigenvalue weighted by atomic mass is 35.5. The van der Waals surface area contributed by atoms with Crippen LogP contribution >= 0.6 is 11.6 Å². The van der Waals surface area contributed by atoms with Gasteiger partial charge in [0.05, 0.1) is 12.1 Å². The minimum atomic E-state index is -0.851. The van der Waals surface area contributed by atoms with E-state index < -0.39 is 5.97 Å². The summed E-state index contributed by atoms with van der Waals surface area (Å²) in [6, 6.07) is 13.6. The molecule has 3 aromatic rings. The minimum Gasteiger partial charge on any atom is -0.481 e. The van der Waals surface area contributed by atoms with Crippen molar-refractivity contribution < 1.29 is 9.90 Å². The van der Waals surface area contributed by atoms with Crippen molar-refractivity contribution in [3.8, 4) is 11.3 Å². The number of aromatic nitrogens is 1. The van der Waals surface area contributed by atoms with E-state index in [4.69, 9.17) is 11.6 Å². The second-order valence-corrected chi connectivity index (χ2v) is 5.67. The third-order valence-electron chi connectivity index (χ3n) is 3.85. The Morgan fingerprint density at radius 3 is 2.68 bits per heavy atom. The summed E-state index contributed by atoms with van der Waals surface area (Å²) in [4.78, 5) is 14.6. The third-order valence-corrected chi connectivity index (χ3v) is 4.18. The molecule has 0 aliphatic heterocycles. The normalized spacial score (nSPS) is 11.0. The van der Waals surface area contributed by atoms with Gasteiger partial charge in [-0.15, -0.1) is 0 Å². The molecule has 0 atom stereocenters. The molecule has 0 saturated carbocycles. The van der Waals surface area contributed by atoms with Gasteiger partial charge in [0.2, 0.25) is 0 Å². The molecule has 1 heterocycles. The molecule has 0 unspecified atom stereocenters. The van der Waals surface area contributed by atoms with E-state index in [2.05, 4.69) is 24.0 Å². The number of H-pyrrole nitrogens is 1. The molecule has 0 aliphatic rings. The van der Waals surface area contributed by atoms with Gasteiger partial charge in [-0.1, -0.05) is 42.8 Å². The molecule has 0 bridgehead atoms. The predicted octanol–water partition coefficient (Wildman–Crippen LogP) is 4.68. The van der Waals surface area contributed by atoms with Crippen molar-refractivity contribution in [1.29, 1.82) is 0 Å². The quantitative estimate of drug-likeness (QED) is 0.735. The highest BCUT2D eigenvalue weighted by Gasteiger charge is 2.17. The van der Waals surface area contributed by atoms with Crippen molar-refractivity contribution in [2.45, 2.75) is 19.8 Å². The number of carbonyl (C=O) groups is 1. The fourth-order valence-electron chi connectivity index (χ4n) is 2.74. The van der Waals surface area contributed by atoms with Gasteiger partial charge in [0, 0.05) is 21.5 Å². The van der Waals surface area contributed by atoms with Gasteiger partial charge in [-0.3, -0.25) is 4.79 Å². The molecule has 0 spiro atoms. The molecular weight excluding hydrogens is 298 g/mol. The van der Waals surface area contributed by atoms with E-state index in [1.54, 1.807) is 0 Å². The van der Waals surface area contributed by atoms with Crippen LogP contribution in [0.15, 0.2) is 42.5 Å². The predicted molar refractivity (Wildman–Crippen MR) is 89.5 cm³/mol. The lowest BCUT2D eigenvalue weighted by molar-refractivity contribution is -0.136. The molecular formula is C18H16ClNO2. The molecule has 112 valence electrons. The molecule has 0 amide bonds. The first-order valence-electron chi connectivity index (χ1n) is 7.20. The van der Waals surface area contributed by atoms with Crippen molar-refractivity contribution in [1.82, 2.24) is 4.98 Å². The monoisotopic (exact) mass is 313 g/mol. The van der Waals surface area contributed by atoms with Gasteiger partial charge in [-0.25, -0.2) is 0 Å². The van der Waals surface area contributed by atoms with Crippen LogP contribution in [0.2, 0.25) is 5.02 Å². The van der Waals surface area contributed by atoms with Gasteiger partial charge in [0.25, 0.3) is 0 Å². The Morgan fingerprint density at radius 1 is 1.23 bits per heavy atom. The Bertz CT molecular complexity index is 851. The molecule has 0 saturated heterocycles. The van der Waals surface area contributed by atoms with Crippen LogP contribution in [-0.2, 0) is 17.6 Å². The number of rotatable bonds is 4. The first kappa shape index (κ1) is 14.7. The third kappa shape index (κ3) is 2.60. The summed E-state index contributed by atoms with van der Waals surface area (Å²) in [5.41, 5.74) is 4.52. The van der Waals surface area contributed by atoms with Crippen molar-refractivity contribution >= 4 is 28.5 Å². The SMILES string of the molecule is CCc1ccc2[nH]c(-c3ccccc3Cl)c(CC(=O)O)c2c1. The summed E-state index contributed by atoms with van der Waals surface area (Å²) in [5.74, 6) is -0.851. The van der Waals surface area contributed by atoms with E-state index in [1.165, 1.54) is 5.56 Å². The van der Waals surface area contributed by atoms with E-state index in [-0.39, 0.29) is 6.42 Å². The van der Waals surface area contributed by atoms with Crippen molar-refractivity contribution in [2.24, 2.45) is 0 Å². The van der Waals surface area contributed by atoms with Gasteiger partial charge >= 0.3 is 5.97 Å². The van der Waals surface area contributed by atoms with Gasteiger partial charge < -0.3 is 10.1 Å². The molecule has 22 heavy (non-hydrogen) atoms. The van der Waals surface area contributed by atoms with Crippen LogP contribution < -0.4 is 0 Å². The number of carboxylic acid groups (broad SMARTS) is 1. The summed E-state index contributed by atoms with van der Waals surface area (Å²) < 4.78 is 0. The van der Waals surface area contributed by atoms with Crippen LogP contribution in [0.4, 0.5) is 0 Å². The van der Waals surface area contributed by atoms with Crippen LogP contribution in [0.1, 0.15) is 18.1 Å². The minimum absolute atomic E-state index is 0.0340. The molecule has 1 aromatic heterocycles. The van der Waals surface area contributed by atoms with Crippen molar-refractivity contribution in [3.63, 3.8) is 0 Å². The molecule has 2 aromatic carbocycles. The maximum Gasteiger partial charge on any atom is 0.307 e. The average Bonchev–Trinajstić information content (AvgIpc) is 2.85. The summed E-state index contributed by atoms with van der Waals surface area (Å²) in [6.07, 6.45) is 0.878. The largest absolute Gasteiger partial charge is 0.481 e. The standard InChI is InChI=1S/C18H16ClNO2/c1-2-11-7-8-16-13(9-11)14(10-17(21)22)18(20-16)12-5-3-4-6-15(12)19/h3-9,20H,2,10H2,1H3,(H,21,22). The Balaban J connectivity index is 2.29. The molecule has 4 heteroatoms. The number of aryl methyl sites for hydroxylation is 1. The van der Waals surface area contributed by atoms with E-state index in [9.17, 15) is 9.90 Å². The Kier molecular flexibility index (Phi) is 3.90. The second-order valence-electron chi connectivity index (χ2n) is 5.26. The smallest absolute Gasteiger partial charge is 0.307 e. The lowest BCUT2D eigenvalue weighted by Gasteiger charge is -2.05. The van der Waals surface area contributed by atoms with E-state index in [1.807, 2.05) is 30.3 Å². The Labute approximate surface area is 133 Å². The number of benzene rings is 2. The average molecular weight is 314 g/mol. The van der Waals surface area contributed by atoms with E-state index in [0.29, 0.717) is 5.02 Å². The maximum absolute atomic E-state index is 11.3. The van der Waals surface area contributed by atoms with Crippen molar-refractivity contribution in [2.75, 3.05) is 0 Å². The highest BCUT2D eigenvalue weighted by molar-refractivity contribution is 6.33. The topological polar surface area (TPSA) is 53.1 Å². The van der Waals surface area contributed by atoms with Gasteiger partial charge in [-0.05, 0) is 35.7 Å². The Hall–Kier alpha value is -2.26. The fourth-order valence-corrected chi connectivity index (χ4v) is 2.97. The van der Waals surface area contributed by atoms with Gasteiger partial charge in [0.1, 0.15) is 0 Å². The zero-order valence-corrected chi connectivity index (χ0v) is 12.9. The summed E-state index contributed by atoms with van der Waals surface area (Å²) >= 11 is 6.29. The van der Waals surface area contributed by atoms with Crippen LogP contribution in [0.25, 0.3) is 22.2 Å². The maximum atomic E-state index is 11.3. The fraction of sp³-hybridized carbons (Fsp3) is 0.167. The zero-order valence-electron chi connectivity index (χ0n) is 12.2. The van der Waals surface area contributed by atoms with Gasteiger partial charge in [-0.2, -0.15) is 0 Å². The molecule has 2 N–H and O–H groups in total. The van der Waals surface area contributed by atoms with E-state index >= 15 is 0 Å². The summed E-state index contributed by atoms with van der Waals surface area (Å²) in [6.45, 7) is 2.08. The van der Waals surface area contributed by atoms with Gasteiger partial charge in [0.15, 0.2) is 0 Å². The number of nitrogens with one attached hydrogen (secondary N) is 1. The lowest BCUT2D eigenvalue weighted by Crippen LogP contribution is -2.01. The first-order chi connectivity index (χ1) is 10.6. The summed E-state index contributed by atoms with van der Waals surface area (Å²) in [5, 5.41) is 10.8. The lowest BCUT2D eigenvalue weighted by atomic mass is 10.0. The Morgan fingerprint density at radius 2 is 2.00 bits per heavy atom. The molecule has 3 nitrogen and oxygen atoms in total. The van der Waals surface area contributed by atoms with Crippen molar-refractivity contribution in [3.05, 3.63) is 58.6 Å². The van der Waals surface area contributed by atoms with E-state index in [0.717, 1.165) is 34.1 Å². The van der Waals surface area contributed by atoms with Crippen LogP contribution in [-0.4, -0.2) is 16.1 Å². The molecule has 0 aliphatic carbocycles. The first-order valence-corrected chi connectivity index (χ1v) is 7.58. The number of carboxylic acids is 1. The zero-order chi connectivity index (χ0) is 15.7. The summed E-state index contributed by atoms with van der Waals surface area (Å²) in [7, 11) is 0. The molecule has 3 rings (SSSR count). The number of aromatic amines is 1. The number of aliphatic carboxylic acids is 1. The second kappa shape index (κ2) is 5.85. The molecule has 0 radical (unpaired) electrons. The molecule has 0 fully saturated rings. The number of hydrogen-bond donors (Lipinski definition) is 2. The van der Waals surface area contributed by atoms with Crippen LogP contribution in [0, 0.1) is 0 Å². The number of halogens is 1. The number of hydrogen-bond acceptors (Lipinski definition) is 1. The number of fused-ring (bicyclic) bond motifs is 1. The van der Waals surface area contributed by atoms with Crippen LogP contribution in [0.5, 0.6) is 0 Å². The highest BCUT2D eigenvalue weighted by Crippen LogP contribution is 2.35. The van der Waals surface area contributed by atoms with Crippen LogP contribution in [0.3, 0.4) is 0 Å².